The summed E-state index contributed by atoms with van der Waals surface area (Å²) in [6.07, 6.45) is 3.62. The zero-order valence-corrected chi connectivity index (χ0v) is 11.9. The van der Waals surface area contributed by atoms with Gasteiger partial charge in [-0.1, -0.05) is 24.9 Å². The quantitative estimate of drug-likeness (QED) is 0.795. The number of unbranched alkanes of at least 4 members (excludes halogenated alkanes) is 1. The van der Waals surface area contributed by atoms with E-state index in [1.165, 1.54) is 16.7 Å². The first-order valence-corrected chi connectivity index (χ1v) is 6.81. The second-order valence-corrected chi connectivity index (χ2v) is 4.86. The van der Waals surface area contributed by atoms with E-state index in [1.54, 1.807) is 12.1 Å². The van der Waals surface area contributed by atoms with Gasteiger partial charge in [-0.05, 0) is 18.6 Å². The molecular weight excluding hydrogens is 280 g/mol. The summed E-state index contributed by atoms with van der Waals surface area (Å²) in [5.41, 5.74) is 0.654. The van der Waals surface area contributed by atoms with Crippen molar-refractivity contribution in [1.82, 2.24) is 9.38 Å². The third-order valence-electron chi connectivity index (χ3n) is 2.79. The molecule has 0 saturated heterocycles. The topological polar surface area (TPSA) is 60.7 Å². The van der Waals surface area contributed by atoms with Gasteiger partial charge >= 0.3 is 5.97 Å². The first-order valence-electron chi connectivity index (χ1n) is 6.43. The van der Waals surface area contributed by atoms with E-state index in [9.17, 15) is 9.59 Å². The van der Waals surface area contributed by atoms with Gasteiger partial charge in [0.15, 0.2) is 0 Å². The highest BCUT2D eigenvalue weighted by atomic mass is 35.5. The number of aromatic nitrogens is 2. The van der Waals surface area contributed by atoms with E-state index < -0.39 is 0 Å². The Morgan fingerprint density at radius 2 is 2.25 bits per heavy atom. The Bertz CT molecular complexity index is 682. The van der Waals surface area contributed by atoms with Crippen LogP contribution >= 0.6 is 11.6 Å². The molecule has 0 N–H and O–H groups in total. The number of halogens is 1. The van der Waals surface area contributed by atoms with Crippen molar-refractivity contribution < 1.29 is 9.53 Å². The van der Waals surface area contributed by atoms with Crippen molar-refractivity contribution in [3.8, 4) is 0 Å². The van der Waals surface area contributed by atoms with Crippen LogP contribution in [0.1, 0.15) is 31.9 Å². The number of ether oxygens (including phenoxy) is 1. The number of fused-ring (bicyclic) bond motifs is 1. The van der Waals surface area contributed by atoms with Crippen molar-refractivity contribution in [3.05, 3.63) is 45.5 Å². The minimum Gasteiger partial charge on any atom is -0.459 e. The highest BCUT2D eigenvalue weighted by molar-refractivity contribution is 6.30. The van der Waals surface area contributed by atoms with E-state index >= 15 is 0 Å². The van der Waals surface area contributed by atoms with E-state index in [1.807, 2.05) is 6.92 Å². The fourth-order valence-corrected chi connectivity index (χ4v) is 1.91. The molecule has 0 atom stereocenters. The molecule has 2 aromatic rings. The number of carbonyl (C=O) groups is 1. The fourth-order valence-electron chi connectivity index (χ4n) is 1.75. The smallest absolute Gasteiger partial charge is 0.306 e. The van der Waals surface area contributed by atoms with Crippen LogP contribution in [0.4, 0.5) is 0 Å². The predicted octanol–water partition coefficient (Wildman–Crippen LogP) is 2.58. The molecular formula is C14H15ClN2O3. The summed E-state index contributed by atoms with van der Waals surface area (Å²) in [6, 6.07) is 4.64. The minimum atomic E-state index is -0.273. The molecule has 2 rings (SSSR count). The number of pyridine rings is 1. The molecule has 2 heterocycles. The molecule has 0 fully saturated rings. The minimum absolute atomic E-state index is 0.0108. The Morgan fingerprint density at radius 3 is 3.00 bits per heavy atom. The molecule has 20 heavy (non-hydrogen) atoms. The third kappa shape index (κ3) is 3.57. The number of rotatable bonds is 5. The van der Waals surface area contributed by atoms with Crippen LogP contribution in [0, 0.1) is 0 Å². The van der Waals surface area contributed by atoms with Crippen molar-refractivity contribution >= 4 is 23.2 Å². The largest absolute Gasteiger partial charge is 0.459 e. The Labute approximate surface area is 121 Å². The van der Waals surface area contributed by atoms with Crippen molar-refractivity contribution in [3.63, 3.8) is 0 Å². The van der Waals surface area contributed by atoms with Crippen molar-refractivity contribution in [2.75, 3.05) is 0 Å². The second-order valence-electron chi connectivity index (χ2n) is 4.43. The Balaban J connectivity index is 2.14. The molecule has 0 saturated carbocycles. The van der Waals surface area contributed by atoms with Gasteiger partial charge < -0.3 is 4.74 Å². The van der Waals surface area contributed by atoms with Gasteiger partial charge in [-0.2, -0.15) is 0 Å². The Hall–Kier alpha value is -1.88. The lowest BCUT2D eigenvalue weighted by Crippen LogP contribution is -2.16. The number of nitrogens with zero attached hydrogens (tertiary/aromatic N) is 2. The molecule has 0 amide bonds. The van der Waals surface area contributed by atoms with Crippen molar-refractivity contribution in [1.29, 1.82) is 0 Å². The standard InChI is InChI=1S/C14H15ClN2O3/c1-2-3-4-14(19)20-9-11-7-13(18)17-8-10(15)5-6-12(17)16-11/h5-8H,2-4,9H2,1H3. The first kappa shape index (κ1) is 14.5. The van der Waals surface area contributed by atoms with Crippen LogP contribution in [0.15, 0.2) is 29.2 Å². The van der Waals surface area contributed by atoms with Gasteiger partial charge in [0, 0.05) is 18.7 Å². The molecule has 0 bridgehead atoms. The van der Waals surface area contributed by atoms with E-state index in [4.69, 9.17) is 16.3 Å². The number of esters is 1. The average Bonchev–Trinajstić information content (AvgIpc) is 2.43. The SMILES string of the molecule is CCCCC(=O)OCc1cc(=O)n2cc(Cl)ccc2n1. The highest BCUT2D eigenvalue weighted by Crippen LogP contribution is 2.09. The Morgan fingerprint density at radius 1 is 1.45 bits per heavy atom. The summed E-state index contributed by atoms with van der Waals surface area (Å²) in [5, 5.41) is 0.458. The molecule has 6 heteroatoms. The first-order chi connectivity index (χ1) is 9.60. The van der Waals surface area contributed by atoms with Gasteiger partial charge in [-0.3, -0.25) is 14.0 Å². The molecule has 0 unspecified atom stereocenters. The summed E-state index contributed by atoms with van der Waals surface area (Å²) in [7, 11) is 0. The van der Waals surface area contributed by atoms with Crippen LogP contribution in [0.25, 0.3) is 5.65 Å². The number of carbonyl (C=O) groups excluding carboxylic acids is 1. The summed E-state index contributed by atoms with van der Waals surface area (Å²) in [4.78, 5) is 27.6. The second kappa shape index (κ2) is 6.52. The lowest BCUT2D eigenvalue weighted by molar-refractivity contribution is -0.145. The van der Waals surface area contributed by atoms with Crippen LogP contribution in [0.3, 0.4) is 0 Å². The summed E-state index contributed by atoms with van der Waals surface area (Å²) >= 11 is 5.82. The highest BCUT2D eigenvalue weighted by Gasteiger charge is 2.06. The summed E-state index contributed by atoms with van der Waals surface area (Å²) in [6.45, 7) is 2.02. The van der Waals surface area contributed by atoms with Gasteiger partial charge in [-0.15, -0.1) is 0 Å². The number of hydrogen-bond acceptors (Lipinski definition) is 4. The maximum absolute atomic E-state index is 11.9. The zero-order valence-electron chi connectivity index (χ0n) is 11.1. The van der Waals surface area contributed by atoms with Gasteiger partial charge in [0.05, 0.1) is 10.7 Å². The van der Waals surface area contributed by atoms with Crippen LogP contribution in [-0.2, 0) is 16.1 Å². The monoisotopic (exact) mass is 294 g/mol. The van der Waals surface area contributed by atoms with Crippen molar-refractivity contribution in [2.45, 2.75) is 32.8 Å². The lowest BCUT2D eigenvalue weighted by Gasteiger charge is -2.06. The van der Waals surface area contributed by atoms with Gasteiger partial charge in [0.25, 0.3) is 5.56 Å². The molecule has 0 aliphatic heterocycles. The maximum atomic E-state index is 11.9. The van der Waals surface area contributed by atoms with E-state index in [0.29, 0.717) is 22.8 Å². The summed E-state index contributed by atoms with van der Waals surface area (Å²) < 4.78 is 6.43. The van der Waals surface area contributed by atoms with Gasteiger partial charge in [0.2, 0.25) is 0 Å². The van der Waals surface area contributed by atoms with Crippen LogP contribution in [-0.4, -0.2) is 15.4 Å². The average molecular weight is 295 g/mol. The molecule has 2 aromatic heterocycles. The van der Waals surface area contributed by atoms with Crippen LogP contribution < -0.4 is 5.56 Å². The molecule has 0 spiro atoms. The molecule has 0 aliphatic rings. The molecule has 0 aliphatic carbocycles. The van der Waals surface area contributed by atoms with Crippen LogP contribution in [0.5, 0.6) is 0 Å². The maximum Gasteiger partial charge on any atom is 0.306 e. The van der Waals surface area contributed by atoms with E-state index in [-0.39, 0.29) is 18.1 Å². The fraction of sp³-hybridized carbons (Fsp3) is 0.357. The molecule has 0 radical (unpaired) electrons. The van der Waals surface area contributed by atoms with Gasteiger partial charge in [-0.25, -0.2) is 4.98 Å². The van der Waals surface area contributed by atoms with Crippen LogP contribution in [0.2, 0.25) is 5.02 Å². The summed E-state index contributed by atoms with van der Waals surface area (Å²) in [5.74, 6) is -0.273. The predicted molar refractivity (Wildman–Crippen MR) is 75.8 cm³/mol. The van der Waals surface area contributed by atoms with Crippen molar-refractivity contribution in [2.24, 2.45) is 0 Å². The van der Waals surface area contributed by atoms with E-state index in [0.717, 1.165) is 12.8 Å². The molecule has 106 valence electrons. The third-order valence-corrected chi connectivity index (χ3v) is 3.02. The van der Waals surface area contributed by atoms with E-state index in [2.05, 4.69) is 4.98 Å². The molecule has 0 aromatic carbocycles. The zero-order chi connectivity index (χ0) is 14.5. The normalized spacial score (nSPS) is 10.7. The number of hydrogen-bond donors (Lipinski definition) is 0. The Kier molecular flexibility index (Phi) is 4.74. The molecule has 5 nitrogen and oxygen atoms in total. The van der Waals surface area contributed by atoms with Gasteiger partial charge in [0.1, 0.15) is 12.3 Å². The lowest BCUT2D eigenvalue weighted by atomic mass is 10.2.